The van der Waals surface area contributed by atoms with Crippen molar-refractivity contribution >= 4 is 0 Å². The lowest BCUT2D eigenvalue weighted by atomic mass is 10.0. The van der Waals surface area contributed by atoms with Crippen LogP contribution in [0.15, 0.2) is 0 Å². The molecule has 0 spiro atoms. The molecule has 0 aromatic heterocycles. The molecule has 1 rings (SSSR count). The molecule has 20 heavy (non-hydrogen) atoms. The highest BCUT2D eigenvalue weighted by atomic mass is 16.6. The monoisotopic (exact) mass is 282 g/mol. The van der Waals surface area contributed by atoms with Crippen molar-refractivity contribution in [3.05, 3.63) is 0 Å². The molecule has 2 atom stereocenters. The van der Waals surface area contributed by atoms with Crippen molar-refractivity contribution in [2.24, 2.45) is 5.92 Å². The largest absolute Gasteiger partial charge is 0.370 e. The van der Waals surface area contributed by atoms with E-state index in [1.54, 1.807) is 0 Å². The Balaban J connectivity index is 1.76. The molecule has 1 aliphatic rings. The van der Waals surface area contributed by atoms with Crippen LogP contribution in [0.5, 0.6) is 0 Å². The molecule has 0 radical (unpaired) electrons. The molecular formula is C19H38O. The lowest BCUT2D eigenvalue weighted by molar-refractivity contribution is 0.346. The molecule has 0 aromatic carbocycles. The van der Waals surface area contributed by atoms with Crippen molar-refractivity contribution in [3.63, 3.8) is 0 Å². The van der Waals surface area contributed by atoms with Crippen LogP contribution < -0.4 is 0 Å². The zero-order valence-electron chi connectivity index (χ0n) is 14.3. The summed E-state index contributed by atoms with van der Waals surface area (Å²) in [5.41, 5.74) is 0. The Labute approximate surface area is 127 Å². The fourth-order valence-electron chi connectivity index (χ4n) is 3.06. The topological polar surface area (TPSA) is 12.5 Å². The van der Waals surface area contributed by atoms with E-state index >= 15 is 0 Å². The quantitative estimate of drug-likeness (QED) is 0.261. The van der Waals surface area contributed by atoms with Gasteiger partial charge >= 0.3 is 0 Å². The summed E-state index contributed by atoms with van der Waals surface area (Å²) in [5, 5.41) is 0. The molecule has 0 amide bonds. The van der Waals surface area contributed by atoms with Crippen LogP contribution in [0.4, 0.5) is 0 Å². The minimum Gasteiger partial charge on any atom is -0.370 e. The van der Waals surface area contributed by atoms with Crippen LogP contribution in [0.3, 0.4) is 0 Å². The van der Waals surface area contributed by atoms with Gasteiger partial charge in [-0.25, -0.2) is 0 Å². The zero-order valence-corrected chi connectivity index (χ0v) is 14.3. The molecule has 1 heterocycles. The number of rotatable bonds is 14. The second-order valence-electron chi connectivity index (χ2n) is 7.15. The SMILES string of the molecule is CCCCCCCCCC[C@H]1O[C@@H]1CCCCC(C)C. The maximum atomic E-state index is 5.78. The summed E-state index contributed by atoms with van der Waals surface area (Å²) in [5.74, 6) is 0.864. The van der Waals surface area contributed by atoms with Crippen LogP contribution in [0.1, 0.15) is 104 Å². The van der Waals surface area contributed by atoms with Gasteiger partial charge in [0.2, 0.25) is 0 Å². The molecule has 0 aromatic rings. The third-order valence-electron chi connectivity index (χ3n) is 4.55. The number of hydrogen-bond donors (Lipinski definition) is 0. The van der Waals surface area contributed by atoms with Crippen molar-refractivity contribution in [3.8, 4) is 0 Å². The van der Waals surface area contributed by atoms with E-state index < -0.39 is 0 Å². The molecular weight excluding hydrogens is 244 g/mol. The average Bonchev–Trinajstić information content (AvgIpc) is 3.16. The number of unbranched alkanes of at least 4 members (excludes halogenated alkanes) is 8. The number of hydrogen-bond acceptors (Lipinski definition) is 1. The van der Waals surface area contributed by atoms with E-state index in [9.17, 15) is 0 Å². The normalized spacial score (nSPS) is 21.6. The fraction of sp³-hybridized carbons (Fsp3) is 1.00. The smallest absolute Gasteiger partial charge is 0.0841 e. The molecule has 1 aliphatic heterocycles. The molecule has 1 fully saturated rings. The summed E-state index contributed by atoms with van der Waals surface area (Å²) in [7, 11) is 0. The van der Waals surface area contributed by atoms with Crippen LogP contribution >= 0.6 is 0 Å². The van der Waals surface area contributed by atoms with Gasteiger partial charge in [0.05, 0.1) is 12.2 Å². The summed E-state index contributed by atoms with van der Waals surface area (Å²) in [4.78, 5) is 0. The van der Waals surface area contributed by atoms with Gasteiger partial charge in [-0.05, 0) is 18.8 Å². The third kappa shape index (κ3) is 9.80. The van der Waals surface area contributed by atoms with Gasteiger partial charge in [0.1, 0.15) is 0 Å². The Hall–Kier alpha value is -0.0400. The summed E-state index contributed by atoms with van der Waals surface area (Å²) < 4.78 is 5.78. The average molecular weight is 283 g/mol. The fourth-order valence-corrected chi connectivity index (χ4v) is 3.06. The maximum absolute atomic E-state index is 5.78. The first kappa shape index (κ1) is 18.0. The molecule has 120 valence electrons. The molecule has 1 saturated heterocycles. The first-order chi connectivity index (χ1) is 9.74. The van der Waals surface area contributed by atoms with Gasteiger partial charge in [0.25, 0.3) is 0 Å². The van der Waals surface area contributed by atoms with Crippen molar-refractivity contribution in [1.29, 1.82) is 0 Å². The highest BCUT2D eigenvalue weighted by molar-refractivity contribution is 4.84. The minimum atomic E-state index is 0.631. The number of ether oxygens (including phenoxy) is 1. The van der Waals surface area contributed by atoms with Gasteiger partial charge in [-0.2, -0.15) is 0 Å². The molecule has 1 nitrogen and oxygen atoms in total. The Morgan fingerprint density at radius 1 is 0.700 bits per heavy atom. The van der Waals surface area contributed by atoms with Crippen LogP contribution in [0, 0.1) is 5.92 Å². The van der Waals surface area contributed by atoms with Gasteiger partial charge in [-0.3, -0.25) is 0 Å². The van der Waals surface area contributed by atoms with Crippen LogP contribution in [-0.2, 0) is 4.74 Å². The van der Waals surface area contributed by atoms with Crippen molar-refractivity contribution in [2.75, 3.05) is 0 Å². The third-order valence-corrected chi connectivity index (χ3v) is 4.55. The molecule has 1 heteroatoms. The molecule has 0 aliphatic carbocycles. The van der Waals surface area contributed by atoms with Gasteiger partial charge in [0, 0.05) is 0 Å². The Morgan fingerprint density at radius 3 is 1.75 bits per heavy atom. The van der Waals surface area contributed by atoms with E-state index in [1.807, 2.05) is 0 Å². The predicted molar refractivity (Wildman–Crippen MR) is 89.2 cm³/mol. The van der Waals surface area contributed by atoms with Gasteiger partial charge in [0.15, 0.2) is 0 Å². The van der Waals surface area contributed by atoms with Gasteiger partial charge in [-0.15, -0.1) is 0 Å². The van der Waals surface area contributed by atoms with Crippen molar-refractivity contribution in [1.82, 2.24) is 0 Å². The lowest BCUT2D eigenvalue weighted by Crippen LogP contribution is -1.95. The standard InChI is InChI=1S/C19H38O/c1-4-5-6-7-8-9-10-11-15-18-19(20-18)16-13-12-14-17(2)3/h17-19H,4-16H2,1-3H3/t18-,19-/m1/s1. The first-order valence-corrected chi connectivity index (χ1v) is 9.39. The first-order valence-electron chi connectivity index (χ1n) is 9.39. The van der Waals surface area contributed by atoms with E-state index in [0.717, 1.165) is 5.92 Å². The summed E-state index contributed by atoms with van der Waals surface area (Å²) >= 11 is 0. The van der Waals surface area contributed by atoms with E-state index in [0.29, 0.717) is 12.2 Å². The van der Waals surface area contributed by atoms with E-state index in [4.69, 9.17) is 4.74 Å². The lowest BCUT2D eigenvalue weighted by Gasteiger charge is -2.02. The predicted octanol–water partition coefficient (Wildman–Crippen LogP) is 6.50. The number of epoxide rings is 1. The van der Waals surface area contributed by atoms with E-state index in [-0.39, 0.29) is 0 Å². The highest BCUT2D eigenvalue weighted by Gasteiger charge is 2.36. The van der Waals surface area contributed by atoms with Gasteiger partial charge in [-0.1, -0.05) is 91.4 Å². The summed E-state index contributed by atoms with van der Waals surface area (Å²) in [6, 6.07) is 0. The van der Waals surface area contributed by atoms with Crippen LogP contribution in [0.2, 0.25) is 0 Å². The van der Waals surface area contributed by atoms with Crippen LogP contribution in [0.25, 0.3) is 0 Å². The molecule has 0 N–H and O–H groups in total. The Morgan fingerprint density at radius 2 is 1.20 bits per heavy atom. The Bertz CT molecular complexity index is 212. The summed E-state index contributed by atoms with van der Waals surface area (Å²) in [6.45, 7) is 6.92. The van der Waals surface area contributed by atoms with E-state index in [2.05, 4.69) is 20.8 Å². The second kappa shape index (κ2) is 11.6. The molecule has 0 bridgehead atoms. The van der Waals surface area contributed by atoms with Crippen molar-refractivity contribution in [2.45, 2.75) is 116 Å². The molecule has 0 unspecified atom stereocenters. The van der Waals surface area contributed by atoms with Gasteiger partial charge < -0.3 is 4.74 Å². The van der Waals surface area contributed by atoms with Crippen molar-refractivity contribution < 1.29 is 4.74 Å². The molecule has 0 saturated carbocycles. The minimum absolute atomic E-state index is 0.631. The van der Waals surface area contributed by atoms with Crippen LogP contribution in [-0.4, -0.2) is 12.2 Å². The highest BCUT2D eigenvalue weighted by Crippen LogP contribution is 2.31. The zero-order chi connectivity index (χ0) is 14.6. The van der Waals surface area contributed by atoms with E-state index in [1.165, 1.54) is 83.5 Å². The summed E-state index contributed by atoms with van der Waals surface area (Å²) in [6.07, 6.45) is 19.4. The maximum Gasteiger partial charge on any atom is 0.0841 e. The Kier molecular flexibility index (Phi) is 10.4. The second-order valence-corrected chi connectivity index (χ2v) is 7.15.